The van der Waals surface area contributed by atoms with E-state index >= 15 is 0 Å². The van der Waals surface area contributed by atoms with Crippen LogP contribution < -0.4 is 0 Å². The average Bonchev–Trinajstić information content (AvgIpc) is 2.30. The average molecular weight is 238 g/mol. The predicted molar refractivity (Wildman–Crippen MR) is 68.1 cm³/mol. The van der Waals surface area contributed by atoms with Crippen LogP contribution in [-0.2, 0) is 6.42 Å². The number of aliphatic hydroxyl groups is 2. The molecule has 0 aromatic heterocycles. The lowest BCUT2D eigenvalue weighted by Crippen LogP contribution is -2.26. The van der Waals surface area contributed by atoms with Crippen molar-refractivity contribution in [1.82, 2.24) is 0 Å². The van der Waals surface area contributed by atoms with Gasteiger partial charge >= 0.3 is 0 Å². The molecule has 3 N–H and O–H groups in total. The van der Waals surface area contributed by atoms with E-state index in [4.69, 9.17) is 0 Å². The Morgan fingerprint density at radius 2 is 1.76 bits per heavy atom. The van der Waals surface area contributed by atoms with E-state index in [1.807, 2.05) is 26.0 Å². The molecule has 0 saturated carbocycles. The minimum Gasteiger partial charge on any atom is -0.508 e. The van der Waals surface area contributed by atoms with Crippen molar-refractivity contribution in [3.63, 3.8) is 0 Å². The smallest absolute Gasteiger partial charge is 0.118 e. The van der Waals surface area contributed by atoms with Gasteiger partial charge in [-0.05, 0) is 37.8 Å². The van der Waals surface area contributed by atoms with Gasteiger partial charge in [0.1, 0.15) is 5.75 Å². The zero-order chi connectivity index (χ0) is 12.8. The zero-order valence-electron chi connectivity index (χ0n) is 10.6. The SMILES string of the molecule is CCCC(O)C(O)CCc1cc(C)ccc1O. The van der Waals surface area contributed by atoms with Gasteiger partial charge in [-0.1, -0.05) is 31.0 Å². The van der Waals surface area contributed by atoms with Crippen LogP contribution in [-0.4, -0.2) is 27.5 Å². The maximum absolute atomic E-state index is 9.74. The third kappa shape index (κ3) is 4.36. The highest BCUT2D eigenvalue weighted by Gasteiger charge is 2.15. The lowest BCUT2D eigenvalue weighted by Gasteiger charge is -2.17. The number of hydrogen-bond acceptors (Lipinski definition) is 3. The molecule has 0 amide bonds. The summed E-state index contributed by atoms with van der Waals surface area (Å²) in [7, 11) is 0. The molecule has 0 spiro atoms. The molecule has 0 heterocycles. The number of benzene rings is 1. The number of aryl methyl sites for hydroxylation is 2. The third-order valence-corrected chi connectivity index (χ3v) is 2.97. The Kier molecular flexibility index (Phi) is 5.45. The number of rotatable bonds is 6. The minimum absolute atomic E-state index is 0.257. The zero-order valence-corrected chi connectivity index (χ0v) is 10.6. The van der Waals surface area contributed by atoms with E-state index in [1.54, 1.807) is 6.07 Å². The highest BCUT2D eigenvalue weighted by molar-refractivity contribution is 5.35. The number of hydrogen-bond donors (Lipinski definition) is 3. The molecule has 96 valence electrons. The molecule has 17 heavy (non-hydrogen) atoms. The summed E-state index contributed by atoms with van der Waals surface area (Å²) >= 11 is 0. The summed E-state index contributed by atoms with van der Waals surface area (Å²) in [6.45, 7) is 3.94. The second kappa shape index (κ2) is 6.62. The van der Waals surface area contributed by atoms with Crippen LogP contribution >= 0.6 is 0 Å². The van der Waals surface area contributed by atoms with Gasteiger partial charge in [-0.25, -0.2) is 0 Å². The molecule has 2 unspecified atom stereocenters. The second-order valence-corrected chi connectivity index (χ2v) is 4.59. The van der Waals surface area contributed by atoms with E-state index in [9.17, 15) is 15.3 Å². The molecule has 3 nitrogen and oxygen atoms in total. The number of phenolic OH excluding ortho intramolecular Hbond substituents is 1. The molecule has 2 atom stereocenters. The largest absolute Gasteiger partial charge is 0.508 e. The molecule has 1 aromatic rings. The van der Waals surface area contributed by atoms with Gasteiger partial charge < -0.3 is 15.3 Å². The molecule has 0 aliphatic rings. The Labute approximate surface area is 103 Å². The maximum atomic E-state index is 9.74. The fourth-order valence-corrected chi connectivity index (χ4v) is 1.90. The van der Waals surface area contributed by atoms with Gasteiger partial charge in [-0.15, -0.1) is 0 Å². The summed E-state index contributed by atoms with van der Waals surface area (Å²) < 4.78 is 0. The van der Waals surface area contributed by atoms with Crippen LogP contribution in [0.25, 0.3) is 0 Å². The van der Waals surface area contributed by atoms with Crippen molar-refractivity contribution < 1.29 is 15.3 Å². The lowest BCUT2D eigenvalue weighted by atomic mass is 9.99. The summed E-state index contributed by atoms with van der Waals surface area (Å²) in [5.41, 5.74) is 1.91. The van der Waals surface area contributed by atoms with E-state index in [1.165, 1.54) is 0 Å². The minimum atomic E-state index is -0.713. The molecule has 1 aromatic carbocycles. The first kappa shape index (κ1) is 14.0. The van der Waals surface area contributed by atoms with Crippen molar-refractivity contribution in [3.8, 4) is 5.75 Å². The first-order valence-electron chi connectivity index (χ1n) is 6.19. The maximum Gasteiger partial charge on any atom is 0.118 e. The first-order valence-corrected chi connectivity index (χ1v) is 6.19. The van der Waals surface area contributed by atoms with E-state index < -0.39 is 12.2 Å². The third-order valence-electron chi connectivity index (χ3n) is 2.97. The summed E-state index contributed by atoms with van der Waals surface area (Å²) in [6.07, 6.45) is 1.14. The predicted octanol–water partition coefficient (Wildman–Crippen LogP) is 2.16. The normalized spacial score (nSPS) is 14.6. The van der Waals surface area contributed by atoms with Crippen molar-refractivity contribution in [2.24, 2.45) is 0 Å². The summed E-state index contributed by atoms with van der Waals surface area (Å²) in [5.74, 6) is 0.257. The molecule has 0 saturated heterocycles. The van der Waals surface area contributed by atoms with Gasteiger partial charge in [0, 0.05) is 0 Å². The first-order chi connectivity index (χ1) is 8.04. The molecule has 0 bridgehead atoms. The Morgan fingerprint density at radius 1 is 1.12 bits per heavy atom. The second-order valence-electron chi connectivity index (χ2n) is 4.59. The molecular weight excluding hydrogens is 216 g/mol. The van der Waals surface area contributed by atoms with Gasteiger partial charge in [0.2, 0.25) is 0 Å². The number of phenols is 1. The number of aromatic hydroxyl groups is 1. The standard InChI is InChI=1S/C14H22O3/c1-3-4-13(16)14(17)8-6-11-9-10(2)5-7-12(11)15/h5,7,9,13-17H,3-4,6,8H2,1-2H3. The fraction of sp³-hybridized carbons (Fsp3) is 0.571. The van der Waals surface area contributed by atoms with Gasteiger partial charge in [-0.3, -0.25) is 0 Å². The Balaban J connectivity index is 2.52. The van der Waals surface area contributed by atoms with Crippen LogP contribution in [0, 0.1) is 6.92 Å². The Morgan fingerprint density at radius 3 is 2.41 bits per heavy atom. The number of aliphatic hydroxyl groups excluding tert-OH is 2. The topological polar surface area (TPSA) is 60.7 Å². The monoisotopic (exact) mass is 238 g/mol. The van der Waals surface area contributed by atoms with Crippen molar-refractivity contribution >= 4 is 0 Å². The molecule has 1 rings (SSSR count). The summed E-state index contributed by atoms with van der Waals surface area (Å²) in [6, 6.07) is 5.43. The molecule has 0 radical (unpaired) electrons. The lowest BCUT2D eigenvalue weighted by molar-refractivity contribution is 0.00974. The van der Waals surface area contributed by atoms with Crippen molar-refractivity contribution in [2.75, 3.05) is 0 Å². The van der Waals surface area contributed by atoms with E-state index in [2.05, 4.69) is 0 Å². The van der Waals surface area contributed by atoms with Crippen LogP contribution in [0.2, 0.25) is 0 Å². The van der Waals surface area contributed by atoms with Crippen LogP contribution in [0.1, 0.15) is 37.3 Å². The quantitative estimate of drug-likeness (QED) is 0.711. The van der Waals surface area contributed by atoms with Crippen molar-refractivity contribution in [1.29, 1.82) is 0 Å². The molecule has 0 fully saturated rings. The highest BCUT2D eigenvalue weighted by atomic mass is 16.3. The van der Waals surface area contributed by atoms with Crippen LogP contribution in [0.15, 0.2) is 18.2 Å². The molecular formula is C14H22O3. The van der Waals surface area contributed by atoms with Gasteiger partial charge in [0.05, 0.1) is 12.2 Å². The summed E-state index contributed by atoms with van der Waals surface area (Å²) in [5, 5.41) is 29.0. The van der Waals surface area contributed by atoms with Crippen molar-refractivity contribution in [2.45, 2.75) is 51.7 Å². The Hall–Kier alpha value is -1.06. The van der Waals surface area contributed by atoms with Crippen LogP contribution in [0.5, 0.6) is 5.75 Å². The van der Waals surface area contributed by atoms with E-state index in [-0.39, 0.29) is 5.75 Å². The van der Waals surface area contributed by atoms with E-state index in [0.717, 1.165) is 17.5 Å². The molecule has 0 aliphatic heterocycles. The van der Waals surface area contributed by atoms with Crippen LogP contribution in [0.4, 0.5) is 0 Å². The highest BCUT2D eigenvalue weighted by Crippen LogP contribution is 2.21. The Bertz CT molecular complexity index is 349. The summed E-state index contributed by atoms with van der Waals surface area (Å²) in [4.78, 5) is 0. The van der Waals surface area contributed by atoms with Gasteiger partial charge in [-0.2, -0.15) is 0 Å². The van der Waals surface area contributed by atoms with E-state index in [0.29, 0.717) is 19.3 Å². The molecule has 3 heteroatoms. The van der Waals surface area contributed by atoms with Crippen molar-refractivity contribution in [3.05, 3.63) is 29.3 Å². The fourth-order valence-electron chi connectivity index (χ4n) is 1.90. The van der Waals surface area contributed by atoms with Crippen LogP contribution in [0.3, 0.4) is 0 Å². The molecule has 0 aliphatic carbocycles. The van der Waals surface area contributed by atoms with Gasteiger partial charge in [0.25, 0.3) is 0 Å². The van der Waals surface area contributed by atoms with Gasteiger partial charge in [0.15, 0.2) is 0 Å².